The molecule has 3 rings (SSSR count). The maximum Gasteiger partial charge on any atom is 0.353 e. The SMILES string of the molecule is O=C(N=Nc1c(O)[nH]c2ccccc12)C(=O)Nc1cccc([N+](=O)[O-])c1. The first kappa shape index (κ1) is 16.8. The van der Waals surface area contributed by atoms with Crippen LogP contribution < -0.4 is 5.32 Å². The molecule has 0 saturated heterocycles. The van der Waals surface area contributed by atoms with E-state index in [2.05, 4.69) is 20.5 Å². The predicted octanol–water partition coefficient (Wildman–Crippen LogP) is 3.03. The van der Waals surface area contributed by atoms with E-state index >= 15 is 0 Å². The number of para-hydroxylation sites is 1. The fraction of sp³-hybridized carbons (Fsp3) is 0. The van der Waals surface area contributed by atoms with Crippen LogP contribution in [0.3, 0.4) is 0 Å². The third-order valence-corrected chi connectivity index (χ3v) is 3.41. The molecule has 0 saturated carbocycles. The largest absolute Gasteiger partial charge is 0.493 e. The van der Waals surface area contributed by atoms with Crippen LogP contribution in [0.4, 0.5) is 17.1 Å². The number of rotatable bonds is 3. The second kappa shape index (κ2) is 6.81. The Morgan fingerprint density at radius 3 is 2.69 bits per heavy atom. The number of azo groups is 1. The Hall–Kier alpha value is -4.08. The monoisotopic (exact) mass is 353 g/mol. The summed E-state index contributed by atoms with van der Waals surface area (Å²) < 4.78 is 0. The van der Waals surface area contributed by atoms with Gasteiger partial charge in [-0.3, -0.25) is 19.7 Å². The van der Waals surface area contributed by atoms with Gasteiger partial charge in [-0.2, -0.15) is 0 Å². The lowest BCUT2D eigenvalue weighted by molar-refractivity contribution is -0.384. The van der Waals surface area contributed by atoms with Gasteiger partial charge in [0, 0.05) is 23.2 Å². The number of non-ortho nitro benzene ring substituents is 1. The van der Waals surface area contributed by atoms with Crippen molar-refractivity contribution in [2.45, 2.75) is 0 Å². The number of nitro benzene ring substituents is 1. The smallest absolute Gasteiger partial charge is 0.353 e. The van der Waals surface area contributed by atoms with E-state index in [1.807, 2.05) is 0 Å². The summed E-state index contributed by atoms with van der Waals surface area (Å²) >= 11 is 0. The van der Waals surface area contributed by atoms with E-state index in [1.54, 1.807) is 24.3 Å². The van der Waals surface area contributed by atoms with Gasteiger partial charge in [0.05, 0.1) is 10.4 Å². The number of nitrogens with one attached hydrogen (secondary N) is 2. The molecule has 10 heteroatoms. The molecule has 0 spiro atoms. The summed E-state index contributed by atoms with van der Waals surface area (Å²) in [6.45, 7) is 0. The summed E-state index contributed by atoms with van der Waals surface area (Å²) in [4.78, 5) is 36.4. The Morgan fingerprint density at radius 2 is 1.92 bits per heavy atom. The van der Waals surface area contributed by atoms with Crippen LogP contribution in [0.5, 0.6) is 5.88 Å². The van der Waals surface area contributed by atoms with Crippen molar-refractivity contribution in [3.8, 4) is 5.88 Å². The minimum atomic E-state index is -1.22. The van der Waals surface area contributed by atoms with Gasteiger partial charge < -0.3 is 15.4 Å². The molecule has 0 unspecified atom stereocenters. The van der Waals surface area contributed by atoms with Gasteiger partial charge in [-0.05, 0) is 12.1 Å². The molecule has 0 aliphatic heterocycles. The van der Waals surface area contributed by atoms with Crippen LogP contribution in [0.2, 0.25) is 0 Å². The van der Waals surface area contributed by atoms with E-state index in [1.165, 1.54) is 18.2 Å². The molecule has 0 aliphatic carbocycles. The quantitative estimate of drug-likeness (QED) is 0.286. The van der Waals surface area contributed by atoms with E-state index in [0.29, 0.717) is 10.9 Å². The number of hydrogen-bond donors (Lipinski definition) is 3. The number of carbonyl (C=O) groups is 2. The van der Waals surface area contributed by atoms with Gasteiger partial charge in [0.2, 0.25) is 5.88 Å². The number of nitrogens with zero attached hydrogens (tertiary/aromatic N) is 3. The van der Waals surface area contributed by atoms with Gasteiger partial charge in [-0.25, -0.2) is 0 Å². The van der Waals surface area contributed by atoms with Crippen molar-refractivity contribution in [1.82, 2.24) is 4.98 Å². The lowest BCUT2D eigenvalue weighted by Gasteiger charge is -2.01. The minimum absolute atomic E-state index is 0.0251. The maximum atomic E-state index is 11.8. The minimum Gasteiger partial charge on any atom is -0.493 e. The molecule has 26 heavy (non-hydrogen) atoms. The van der Waals surface area contributed by atoms with Crippen molar-refractivity contribution in [2.24, 2.45) is 10.2 Å². The van der Waals surface area contributed by atoms with Gasteiger partial charge in [0.25, 0.3) is 5.69 Å². The predicted molar refractivity (Wildman–Crippen MR) is 91.2 cm³/mol. The highest BCUT2D eigenvalue weighted by Crippen LogP contribution is 2.35. The first-order chi connectivity index (χ1) is 12.5. The molecular weight excluding hydrogens is 342 g/mol. The second-order valence-corrected chi connectivity index (χ2v) is 5.13. The topological polar surface area (TPSA) is 150 Å². The third-order valence-electron chi connectivity index (χ3n) is 3.41. The van der Waals surface area contributed by atoms with E-state index in [4.69, 9.17) is 0 Å². The summed E-state index contributed by atoms with van der Waals surface area (Å²) in [5.41, 5.74) is 0.452. The first-order valence-corrected chi connectivity index (χ1v) is 7.27. The number of hydrogen-bond acceptors (Lipinski definition) is 6. The van der Waals surface area contributed by atoms with Crippen LogP contribution in [-0.4, -0.2) is 26.8 Å². The van der Waals surface area contributed by atoms with Crippen LogP contribution in [0, 0.1) is 10.1 Å². The first-order valence-electron chi connectivity index (χ1n) is 7.27. The van der Waals surface area contributed by atoms with Crippen molar-refractivity contribution in [1.29, 1.82) is 0 Å². The number of fused-ring (bicyclic) bond motifs is 1. The summed E-state index contributed by atoms with van der Waals surface area (Å²) in [5.74, 6) is -2.63. The van der Waals surface area contributed by atoms with E-state index in [9.17, 15) is 24.8 Å². The average Bonchev–Trinajstić information content (AvgIpc) is 2.95. The molecule has 2 amide bonds. The van der Waals surface area contributed by atoms with Gasteiger partial charge in [0.1, 0.15) is 0 Å². The fourth-order valence-corrected chi connectivity index (χ4v) is 2.24. The third kappa shape index (κ3) is 3.38. The van der Waals surface area contributed by atoms with Gasteiger partial charge in [-0.15, -0.1) is 10.2 Å². The highest BCUT2D eigenvalue weighted by Gasteiger charge is 2.16. The number of aromatic hydroxyl groups is 1. The Morgan fingerprint density at radius 1 is 1.15 bits per heavy atom. The summed E-state index contributed by atoms with van der Waals surface area (Å²) in [5, 5.41) is 30.2. The van der Waals surface area contributed by atoms with Crippen LogP contribution >= 0.6 is 0 Å². The molecule has 0 radical (unpaired) electrons. The maximum absolute atomic E-state index is 11.8. The van der Waals surface area contributed by atoms with Crippen molar-refractivity contribution in [3.05, 3.63) is 58.6 Å². The number of benzene rings is 2. The summed E-state index contributed by atoms with van der Waals surface area (Å²) in [7, 11) is 0. The Kier molecular flexibility index (Phi) is 4.39. The standard InChI is InChI=1S/C16H11N5O5/c22-14-13(11-6-1-2-7-12(11)18-14)19-20-16(24)15(23)17-9-4-3-5-10(8-9)21(25)26/h1-8,18,22H,(H,17,23). The zero-order chi connectivity index (χ0) is 18.7. The summed E-state index contributed by atoms with van der Waals surface area (Å²) in [6, 6.07) is 11.9. The van der Waals surface area contributed by atoms with Crippen molar-refractivity contribution in [3.63, 3.8) is 0 Å². The van der Waals surface area contributed by atoms with E-state index in [0.717, 1.165) is 6.07 Å². The fourth-order valence-electron chi connectivity index (χ4n) is 2.24. The molecule has 0 atom stereocenters. The van der Waals surface area contributed by atoms with Gasteiger partial charge >= 0.3 is 11.8 Å². The Bertz CT molecular complexity index is 1060. The van der Waals surface area contributed by atoms with E-state index < -0.39 is 16.7 Å². The zero-order valence-corrected chi connectivity index (χ0v) is 13.0. The molecular formula is C16H11N5O5. The lowest BCUT2D eigenvalue weighted by Crippen LogP contribution is -2.20. The highest BCUT2D eigenvalue weighted by atomic mass is 16.6. The molecule has 130 valence electrons. The molecule has 0 aliphatic rings. The van der Waals surface area contributed by atoms with Crippen molar-refractivity contribution >= 4 is 39.8 Å². The number of aromatic amines is 1. The molecule has 1 heterocycles. The van der Waals surface area contributed by atoms with Gasteiger partial charge in [-0.1, -0.05) is 24.3 Å². The number of carbonyl (C=O) groups excluding carboxylic acids is 2. The molecule has 2 aromatic carbocycles. The molecule has 3 aromatic rings. The van der Waals surface area contributed by atoms with Crippen molar-refractivity contribution in [2.75, 3.05) is 5.32 Å². The summed E-state index contributed by atoms with van der Waals surface area (Å²) in [6.07, 6.45) is 0. The molecule has 0 fully saturated rings. The normalized spacial score (nSPS) is 10.9. The molecule has 0 bridgehead atoms. The number of nitro groups is 1. The van der Waals surface area contributed by atoms with Gasteiger partial charge in [0.15, 0.2) is 5.69 Å². The Balaban J connectivity index is 1.76. The number of H-pyrrole nitrogens is 1. The van der Waals surface area contributed by atoms with Crippen LogP contribution in [0.25, 0.3) is 10.9 Å². The van der Waals surface area contributed by atoms with E-state index in [-0.39, 0.29) is 22.9 Å². The molecule has 1 aromatic heterocycles. The lowest BCUT2D eigenvalue weighted by atomic mass is 10.2. The molecule has 10 nitrogen and oxygen atoms in total. The second-order valence-electron chi connectivity index (χ2n) is 5.13. The number of aromatic nitrogens is 1. The average molecular weight is 353 g/mol. The van der Waals surface area contributed by atoms with Crippen LogP contribution in [-0.2, 0) is 9.59 Å². The number of anilines is 1. The zero-order valence-electron chi connectivity index (χ0n) is 13.0. The Labute approximate surface area is 145 Å². The van der Waals surface area contributed by atoms with Crippen LogP contribution in [0.15, 0.2) is 58.8 Å². The number of amides is 2. The molecule has 3 N–H and O–H groups in total. The van der Waals surface area contributed by atoms with Crippen LogP contribution in [0.1, 0.15) is 0 Å². The van der Waals surface area contributed by atoms with Crippen molar-refractivity contribution < 1.29 is 19.6 Å². The highest BCUT2D eigenvalue weighted by molar-refractivity contribution is 6.40.